The third-order valence-electron chi connectivity index (χ3n) is 2.23. The van der Waals surface area contributed by atoms with Gasteiger partial charge in [0, 0.05) is 6.42 Å². The lowest BCUT2D eigenvalue weighted by atomic mass is 9.92. The first-order chi connectivity index (χ1) is 6.47. The molecular formula is C9H15O4P. The topological polar surface area (TPSA) is 74.6 Å². The van der Waals surface area contributed by atoms with Crippen LogP contribution in [0.4, 0.5) is 0 Å². The van der Waals surface area contributed by atoms with Gasteiger partial charge in [-0.1, -0.05) is 12.2 Å². The van der Waals surface area contributed by atoms with Gasteiger partial charge in [-0.25, -0.2) is 0 Å². The van der Waals surface area contributed by atoms with Gasteiger partial charge in [0.1, 0.15) is 11.9 Å². The first-order valence-corrected chi connectivity index (χ1v) is 6.50. The second kappa shape index (κ2) is 4.87. The molecule has 4 nitrogen and oxygen atoms in total. The van der Waals surface area contributed by atoms with Crippen molar-refractivity contribution >= 4 is 13.4 Å². The Morgan fingerprint density at radius 2 is 2.21 bits per heavy atom. The average molecular weight is 218 g/mol. The van der Waals surface area contributed by atoms with Crippen molar-refractivity contribution in [3.63, 3.8) is 0 Å². The molecule has 2 N–H and O–H groups in total. The van der Waals surface area contributed by atoms with Crippen LogP contribution in [-0.2, 0) is 9.36 Å². The van der Waals surface area contributed by atoms with Crippen molar-refractivity contribution in [1.82, 2.24) is 0 Å². The molecule has 0 saturated carbocycles. The Kier molecular flexibility index (Phi) is 4.05. The van der Waals surface area contributed by atoms with Crippen molar-refractivity contribution < 1.29 is 19.1 Å². The molecule has 0 aromatic rings. The summed E-state index contributed by atoms with van der Waals surface area (Å²) in [5.74, 6) is -0.155. The zero-order valence-electron chi connectivity index (χ0n) is 7.93. The van der Waals surface area contributed by atoms with Crippen LogP contribution in [0.2, 0.25) is 0 Å². The normalized spacial score (nSPS) is 22.3. The lowest BCUT2D eigenvalue weighted by Gasteiger charge is -2.15. The SMILES string of the molecule is O=C(CC1C=CCCC1)CP(=O)(O)O. The summed E-state index contributed by atoms with van der Waals surface area (Å²) >= 11 is 0. The van der Waals surface area contributed by atoms with Crippen LogP contribution in [-0.4, -0.2) is 21.7 Å². The number of rotatable bonds is 4. The third-order valence-corrected chi connectivity index (χ3v) is 2.99. The number of allylic oxidation sites excluding steroid dienone is 2. The van der Waals surface area contributed by atoms with E-state index in [9.17, 15) is 9.36 Å². The first kappa shape index (κ1) is 11.6. The van der Waals surface area contributed by atoms with E-state index in [1.165, 1.54) is 0 Å². The smallest absolute Gasteiger partial charge is 0.324 e. The zero-order chi connectivity index (χ0) is 10.6. The van der Waals surface area contributed by atoms with Crippen molar-refractivity contribution in [2.75, 3.05) is 6.16 Å². The van der Waals surface area contributed by atoms with Crippen LogP contribution in [0.15, 0.2) is 12.2 Å². The fraction of sp³-hybridized carbons (Fsp3) is 0.667. The minimum atomic E-state index is -4.16. The molecule has 5 heteroatoms. The standard InChI is InChI=1S/C9H15O4P/c10-9(7-14(11,12)13)6-8-4-2-1-3-5-8/h2,4,8H,1,3,5-7H2,(H2,11,12,13). The van der Waals surface area contributed by atoms with Gasteiger partial charge >= 0.3 is 7.60 Å². The van der Waals surface area contributed by atoms with Crippen molar-refractivity contribution in [2.24, 2.45) is 5.92 Å². The lowest BCUT2D eigenvalue weighted by Crippen LogP contribution is -2.12. The predicted octanol–water partition coefficient (Wildman–Crippen LogP) is 1.48. The van der Waals surface area contributed by atoms with E-state index in [2.05, 4.69) is 0 Å². The summed E-state index contributed by atoms with van der Waals surface area (Å²) in [7, 11) is -4.16. The second-order valence-corrected chi connectivity index (χ2v) is 5.33. The molecule has 0 bridgehead atoms. The van der Waals surface area contributed by atoms with E-state index in [4.69, 9.17) is 9.79 Å². The van der Waals surface area contributed by atoms with E-state index in [0.29, 0.717) is 0 Å². The summed E-state index contributed by atoms with van der Waals surface area (Å²) in [5, 5.41) is 0. The lowest BCUT2D eigenvalue weighted by molar-refractivity contribution is -0.117. The fourth-order valence-electron chi connectivity index (χ4n) is 1.64. The molecular weight excluding hydrogens is 203 g/mol. The largest absolute Gasteiger partial charge is 0.332 e. The van der Waals surface area contributed by atoms with Gasteiger partial charge in [0.2, 0.25) is 0 Å². The second-order valence-electron chi connectivity index (χ2n) is 3.68. The molecule has 0 aliphatic heterocycles. The predicted molar refractivity (Wildman–Crippen MR) is 53.0 cm³/mol. The van der Waals surface area contributed by atoms with Crippen molar-refractivity contribution in [2.45, 2.75) is 25.7 Å². The maximum Gasteiger partial charge on any atom is 0.332 e. The number of carbonyl (C=O) groups is 1. The minimum absolute atomic E-state index is 0.183. The summed E-state index contributed by atoms with van der Waals surface area (Å²) in [6.07, 6.45) is 6.70. The van der Waals surface area contributed by atoms with Crippen LogP contribution < -0.4 is 0 Å². The molecule has 0 aromatic carbocycles. The molecule has 0 radical (unpaired) electrons. The van der Waals surface area contributed by atoms with Gasteiger partial charge in [0.25, 0.3) is 0 Å². The molecule has 0 spiro atoms. The maximum absolute atomic E-state index is 11.2. The van der Waals surface area contributed by atoms with Gasteiger partial charge in [-0.3, -0.25) is 9.36 Å². The van der Waals surface area contributed by atoms with Crippen molar-refractivity contribution in [1.29, 1.82) is 0 Å². The molecule has 0 amide bonds. The Bertz CT molecular complexity index is 279. The molecule has 1 rings (SSSR count). The summed E-state index contributed by atoms with van der Waals surface area (Å²) in [5.41, 5.74) is 0. The van der Waals surface area contributed by atoms with Crippen molar-refractivity contribution in [3.05, 3.63) is 12.2 Å². The molecule has 0 saturated heterocycles. The first-order valence-electron chi connectivity index (χ1n) is 4.70. The average Bonchev–Trinajstić information content (AvgIpc) is 2.02. The third kappa shape index (κ3) is 4.70. The highest BCUT2D eigenvalue weighted by Crippen LogP contribution is 2.35. The van der Waals surface area contributed by atoms with E-state index in [-0.39, 0.29) is 18.1 Å². The molecule has 1 aliphatic rings. The number of hydrogen-bond acceptors (Lipinski definition) is 2. The van der Waals surface area contributed by atoms with Crippen LogP contribution in [0.25, 0.3) is 0 Å². The molecule has 80 valence electrons. The van der Waals surface area contributed by atoms with Crippen LogP contribution in [0.5, 0.6) is 0 Å². The highest BCUT2D eigenvalue weighted by Gasteiger charge is 2.21. The van der Waals surface area contributed by atoms with Gasteiger partial charge in [-0.15, -0.1) is 0 Å². The molecule has 1 unspecified atom stereocenters. The Labute approximate surface area is 83.2 Å². The highest BCUT2D eigenvalue weighted by molar-refractivity contribution is 7.52. The Hall–Kier alpha value is -0.440. The van der Waals surface area contributed by atoms with Crippen LogP contribution in [0.3, 0.4) is 0 Å². The minimum Gasteiger partial charge on any atom is -0.324 e. The summed E-state index contributed by atoms with van der Waals surface area (Å²) in [4.78, 5) is 28.4. The fourth-order valence-corrected chi connectivity index (χ4v) is 2.23. The molecule has 0 heterocycles. The Morgan fingerprint density at radius 1 is 1.50 bits per heavy atom. The quantitative estimate of drug-likeness (QED) is 0.553. The van der Waals surface area contributed by atoms with E-state index in [0.717, 1.165) is 19.3 Å². The summed E-state index contributed by atoms with van der Waals surface area (Å²) in [6.45, 7) is 0. The van der Waals surface area contributed by atoms with Gasteiger partial charge < -0.3 is 9.79 Å². The van der Waals surface area contributed by atoms with Crippen molar-refractivity contribution in [3.8, 4) is 0 Å². The van der Waals surface area contributed by atoms with Crippen LogP contribution >= 0.6 is 7.60 Å². The van der Waals surface area contributed by atoms with Crippen LogP contribution in [0.1, 0.15) is 25.7 Å². The van der Waals surface area contributed by atoms with E-state index in [1.807, 2.05) is 12.2 Å². The number of carbonyl (C=O) groups excluding carboxylic acids is 1. The van der Waals surface area contributed by atoms with Crippen LogP contribution in [0, 0.1) is 5.92 Å². The molecule has 1 atom stereocenters. The van der Waals surface area contributed by atoms with E-state index in [1.54, 1.807) is 0 Å². The van der Waals surface area contributed by atoms with Gasteiger partial charge in [0.05, 0.1) is 0 Å². The van der Waals surface area contributed by atoms with E-state index >= 15 is 0 Å². The molecule has 0 fully saturated rings. The van der Waals surface area contributed by atoms with Gasteiger partial charge in [-0.2, -0.15) is 0 Å². The zero-order valence-corrected chi connectivity index (χ0v) is 8.82. The summed E-state index contributed by atoms with van der Waals surface area (Å²) in [6, 6.07) is 0. The Morgan fingerprint density at radius 3 is 2.71 bits per heavy atom. The Balaban J connectivity index is 2.37. The van der Waals surface area contributed by atoms with Gasteiger partial charge in [-0.05, 0) is 25.2 Å². The molecule has 1 aliphatic carbocycles. The maximum atomic E-state index is 11.2. The molecule has 14 heavy (non-hydrogen) atoms. The van der Waals surface area contributed by atoms with E-state index < -0.39 is 13.8 Å². The number of hydrogen-bond donors (Lipinski definition) is 2. The monoisotopic (exact) mass is 218 g/mol. The number of Topliss-reactive ketones (excluding diaryl/α,β-unsaturated/α-hetero) is 1. The highest BCUT2D eigenvalue weighted by atomic mass is 31.2. The van der Waals surface area contributed by atoms with Gasteiger partial charge in [0.15, 0.2) is 0 Å². The number of ketones is 1. The molecule has 0 aromatic heterocycles. The summed E-state index contributed by atoms with van der Waals surface area (Å²) < 4.78 is 10.5.